The minimum Gasteiger partial charge on any atom is -0.336 e. The van der Waals surface area contributed by atoms with Gasteiger partial charge in [0.15, 0.2) is 0 Å². The van der Waals surface area contributed by atoms with Crippen LogP contribution in [0.25, 0.3) is 10.9 Å². The average molecular weight is 312 g/mol. The lowest BCUT2D eigenvalue weighted by Gasteiger charge is -2.25. The van der Waals surface area contributed by atoms with Crippen molar-refractivity contribution in [2.45, 2.75) is 31.3 Å². The molecule has 1 amide bonds. The van der Waals surface area contributed by atoms with Crippen molar-refractivity contribution in [2.75, 3.05) is 20.1 Å². The summed E-state index contributed by atoms with van der Waals surface area (Å²) in [4.78, 5) is 35.7. The van der Waals surface area contributed by atoms with E-state index in [2.05, 4.69) is 21.9 Å². The smallest absolute Gasteiger partial charge is 0.336 e. The van der Waals surface area contributed by atoms with Crippen LogP contribution in [0.15, 0.2) is 29.1 Å². The molecule has 1 aromatic carbocycles. The molecule has 23 heavy (non-hydrogen) atoms. The Balaban J connectivity index is 1.71. The Morgan fingerprint density at radius 3 is 2.87 bits per heavy atom. The summed E-state index contributed by atoms with van der Waals surface area (Å²) >= 11 is 0. The van der Waals surface area contributed by atoms with Crippen molar-refractivity contribution in [1.29, 1.82) is 0 Å². The molecule has 2 aromatic rings. The molecular formula is C17H20N4O2. The molecule has 0 aliphatic carbocycles. The van der Waals surface area contributed by atoms with Gasteiger partial charge in [0.25, 0.3) is 5.91 Å². The number of nitrogens with zero attached hydrogens (tertiary/aromatic N) is 3. The highest BCUT2D eigenvalue weighted by Gasteiger charge is 2.36. The van der Waals surface area contributed by atoms with Crippen LogP contribution in [0.1, 0.15) is 29.8 Å². The molecule has 6 heteroatoms. The number of para-hydroxylation sites is 1. The summed E-state index contributed by atoms with van der Waals surface area (Å²) in [6, 6.07) is 8.32. The van der Waals surface area contributed by atoms with Crippen molar-refractivity contribution in [2.24, 2.45) is 0 Å². The van der Waals surface area contributed by atoms with Crippen LogP contribution in [-0.4, -0.2) is 57.9 Å². The van der Waals surface area contributed by atoms with E-state index in [0.29, 0.717) is 29.5 Å². The number of likely N-dealkylation sites (tertiary alicyclic amines) is 1. The van der Waals surface area contributed by atoms with Crippen LogP contribution < -0.4 is 5.69 Å². The highest BCUT2D eigenvalue weighted by atomic mass is 16.2. The lowest BCUT2D eigenvalue weighted by Crippen LogP contribution is -2.40. The van der Waals surface area contributed by atoms with Gasteiger partial charge in [0.2, 0.25) is 0 Å². The summed E-state index contributed by atoms with van der Waals surface area (Å²) in [5.41, 5.74) is 0.453. The summed E-state index contributed by atoms with van der Waals surface area (Å²) in [5.74, 6) is -0.131. The van der Waals surface area contributed by atoms with Gasteiger partial charge in [-0.05, 0) is 32.4 Å². The van der Waals surface area contributed by atoms with Crippen LogP contribution in [0.2, 0.25) is 0 Å². The number of likely N-dealkylation sites (N-methyl/N-ethyl adjacent to an activating group) is 1. The zero-order chi connectivity index (χ0) is 16.0. The number of fused-ring (bicyclic) bond motifs is 3. The first-order chi connectivity index (χ1) is 11.1. The Labute approximate surface area is 134 Å². The molecule has 4 rings (SSSR count). The lowest BCUT2D eigenvalue weighted by molar-refractivity contribution is 0.0736. The van der Waals surface area contributed by atoms with Gasteiger partial charge >= 0.3 is 5.69 Å². The van der Waals surface area contributed by atoms with Crippen LogP contribution in [0.5, 0.6) is 0 Å². The van der Waals surface area contributed by atoms with Gasteiger partial charge in [-0.1, -0.05) is 18.2 Å². The molecule has 3 heterocycles. The number of hydrogen-bond donors (Lipinski definition) is 1. The molecule has 1 aromatic heterocycles. The number of aromatic amines is 1. The first-order valence-electron chi connectivity index (χ1n) is 8.14. The van der Waals surface area contributed by atoms with E-state index in [9.17, 15) is 9.59 Å². The van der Waals surface area contributed by atoms with E-state index in [1.54, 1.807) is 6.07 Å². The van der Waals surface area contributed by atoms with Gasteiger partial charge < -0.3 is 9.88 Å². The van der Waals surface area contributed by atoms with Crippen LogP contribution in [0, 0.1) is 0 Å². The van der Waals surface area contributed by atoms with Crippen LogP contribution in [0.3, 0.4) is 0 Å². The Bertz CT molecular complexity index is 816. The molecule has 2 atom stereocenters. The molecular weight excluding hydrogens is 292 g/mol. The maximum absolute atomic E-state index is 13.0. The standard InChI is InChI=1S/C17H20N4O2/c1-20-11-6-7-12(20)10-21(9-8-11)16(22)15-13-4-2-3-5-14(13)18-17(23)19-15/h2-5,11-12H,6-10H2,1H3,(H,18,19,23)/t11-,12+/m1/s1. The molecule has 6 nitrogen and oxygen atoms in total. The summed E-state index contributed by atoms with van der Waals surface area (Å²) < 4.78 is 0. The third-order valence-corrected chi connectivity index (χ3v) is 5.28. The summed E-state index contributed by atoms with van der Waals surface area (Å²) in [6.45, 7) is 1.45. The molecule has 0 spiro atoms. The fraction of sp³-hybridized carbons (Fsp3) is 0.471. The Morgan fingerprint density at radius 1 is 1.22 bits per heavy atom. The number of hydrogen-bond acceptors (Lipinski definition) is 4. The zero-order valence-electron chi connectivity index (χ0n) is 13.2. The van der Waals surface area contributed by atoms with E-state index in [0.717, 1.165) is 19.4 Å². The summed E-state index contributed by atoms with van der Waals surface area (Å²) in [7, 11) is 2.15. The first kappa shape index (κ1) is 14.4. The van der Waals surface area contributed by atoms with E-state index in [4.69, 9.17) is 0 Å². The third kappa shape index (κ3) is 2.43. The van der Waals surface area contributed by atoms with Crippen molar-refractivity contribution >= 4 is 16.8 Å². The Hall–Kier alpha value is -2.21. The van der Waals surface area contributed by atoms with E-state index >= 15 is 0 Å². The van der Waals surface area contributed by atoms with Crippen molar-refractivity contribution in [1.82, 2.24) is 19.8 Å². The van der Waals surface area contributed by atoms with Gasteiger partial charge in [-0.15, -0.1) is 0 Å². The van der Waals surface area contributed by atoms with Gasteiger partial charge in [-0.3, -0.25) is 9.69 Å². The highest BCUT2D eigenvalue weighted by molar-refractivity contribution is 6.04. The largest absolute Gasteiger partial charge is 0.346 e. The number of benzene rings is 1. The molecule has 1 N–H and O–H groups in total. The molecule has 120 valence electrons. The quantitative estimate of drug-likeness (QED) is 0.860. The highest BCUT2D eigenvalue weighted by Crippen LogP contribution is 2.29. The fourth-order valence-electron chi connectivity index (χ4n) is 3.91. The zero-order valence-corrected chi connectivity index (χ0v) is 13.2. The van der Waals surface area contributed by atoms with E-state index in [1.807, 2.05) is 23.1 Å². The van der Waals surface area contributed by atoms with E-state index < -0.39 is 5.69 Å². The van der Waals surface area contributed by atoms with Gasteiger partial charge in [-0.2, -0.15) is 4.98 Å². The van der Waals surface area contributed by atoms with Crippen LogP contribution >= 0.6 is 0 Å². The Kier molecular flexibility index (Phi) is 3.41. The molecule has 0 unspecified atom stereocenters. The minimum absolute atomic E-state index is 0.131. The second-order valence-electron chi connectivity index (χ2n) is 6.53. The maximum Gasteiger partial charge on any atom is 0.346 e. The number of carbonyl (C=O) groups excluding carboxylic acids is 1. The third-order valence-electron chi connectivity index (χ3n) is 5.28. The van der Waals surface area contributed by atoms with Gasteiger partial charge in [0, 0.05) is 30.6 Å². The summed E-state index contributed by atoms with van der Waals surface area (Å²) in [5, 5.41) is 0.708. The van der Waals surface area contributed by atoms with Gasteiger partial charge in [0.05, 0.1) is 5.52 Å². The maximum atomic E-state index is 13.0. The van der Waals surface area contributed by atoms with Crippen molar-refractivity contribution in [3.8, 4) is 0 Å². The predicted molar refractivity (Wildman–Crippen MR) is 87.5 cm³/mol. The van der Waals surface area contributed by atoms with E-state index in [1.165, 1.54) is 6.42 Å². The number of amides is 1. The van der Waals surface area contributed by atoms with Crippen LogP contribution in [0.4, 0.5) is 0 Å². The monoisotopic (exact) mass is 312 g/mol. The fourth-order valence-corrected chi connectivity index (χ4v) is 3.91. The SMILES string of the molecule is CN1[C@@H]2CC[C@H]1CN(C(=O)c1nc(=O)[nH]c3ccccc13)CC2. The van der Waals surface area contributed by atoms with Crippen molar-refractivity contribution < 1.29 is 4.79 Å². The number of rotatable bonds is 1. The topological polar surface area (TPSA) is 69.3 Å². The normalized spacial score (nSPS) is 24.8. The molecule has 2 saturated heterocycles. The first-order valence-corrected chi connectivity index (χ1v) is 8.14. The number of aromatic nitrogens is 2. The second kappa shape index (κ2) is 5.45. The minimum atomic E-state index is -0.472. The molecule has 2 aliphatic rings. The van der Waals surface area contributed by atoms with Gasteiger partial charge in [-0.25, -0.2) is 4.79 Å². The summed E-state index contributed by atoms with van der Waals surface area (Å²) in [6.07, 6.45) is 3.34. The Morgan fingerprint density at radius 2 is 2.00 bits per heavy atom. The molecule has 0 radical (unpaired) electrons. The molecule has 2 fully saturated rings. The van der Waals surface area contributed by atoms with Crippen molar-refractivity contribution in [3.63, 3.8) is 0 Å². The molecule has 0 saturated carbocycles. The van der Waals surface area contributed by atoms with Crippen LogP contribution in [-0.2, 0) is 0 Å². The van der Waals surface area contributed by atoms with Crippen molar-refractivity contribution in [3.05, 3.63) is 40.4 Å². The second-order valence-corrected chi connectivity index (χ2v) is 6.53. The van der Waals surface area contributed by atoms with Gasteiger partial charge in [0.1, 0.15) is 5.69 Å². The predicted octanol–water partition coefficient (Wildman–Crippen LogP) is 1.23. The molecule has 2 bridgehead atoms. The van der Waals surface area contributed by atoms with E-state index in [-0.39, 0.29) is 11.6 Å². The molecule has 2 aliphatic heterocycles. The number of carbonyl (C=O) groups is 1. The number of nitrogens with one attached hydrogen (secondary N) is 1. The lowest BCUT2D eigenvalue weighted by atomic mass is 10.1. The number of H-pyrrole nitrogens is 1. The average Bonchev–Trinajstić information content (AvgIpc) is 2.78.